The molecule has 1 fully saturated rings. The summed E-state index contributed by atoms with van der Waals surface area (Å²) in [5, 5.41) is 8.78. The molecule has 5 rings (SSSR count). The molecule has 4 heterocycles. The van der Waals surface area contributed by atoms with Crippen LogP contribution in [0, 0.1) is 0 Å². The highest BCUT2D eigenvalue weighted by atomic mass is 16.3. The first-order chi connectivity index (χ1) is 14.7. The normalized spacial score (nSPS) is 18.9. The van der Waals surface area contributed by atoms with Crippen LogP contribution >= 0.6 is 0 Å². The average Bonchev–Trinajstić information content (AvgIpc) is 3.49. The number of hydrogen-bond acceptors (Lipinski definition) is 5. The van der Waals surface area contributed by atoms with Gasteiger partial charge in [0.05, 0.1) is 12.2 Å². The van der Waals surface area contributed by atoms with E-state index in [9.17, 15) is 9.59 Å². The lowest BCUT2D eigenvalue weighted by Gasteiger charge is -2.36. The summed E-state index contributed by atoms with van der Waals surface area (Å²) < 4.78 is 7.29. The maximum Gasteiger partial charge on any atom is 0.289 e. The summed E-state index contributed by atoms with van der Waals surface area (Å²) in [5.74, 6) is 1.57. The zero-order chi connectivity index (χ0) is 20.5. The van der Waals surface area contributed by atoms with Crippen molar-refractivity contribution in [3.8, 4) is 11.4 Å². The number of piperazine rings is 1. The van der Waals surface area contributed by atoms with Gasteiger partial charge in [0.25, 0.3) is 5.91 Å². The fourth-order valence-corrected chi connectivity index (χ4v) is 4.32. The standard InChI is InChI=1S/C22H23N5O3/c28-21(25-11-13-26(14-12-25)22(29)18-9-5-15-30-18)17-8-4-10-27-19(23-24-20(17)27)16-6-2-1-3-7-16/h1-3,5-7,9,15,17H,4,8,10-14H2. The molecule has 2 aliphatic rings. The molecule has 154 valence electrons. The predicted molar refractivity (Wildman–Crippen MR) is 109 cm³/mol. The molecule has 0 saturated carbocycles. The molecule has 0 N–H and O–H groups in total. The number of carbonyl (C=O) groups is 2. The smallest absolute Gasteiger partial charge is 0.289 e. The van der Waals surface area contributed by atoms with Crippen LogP contribution in [0.2, 0.25) is 0 Å². The van der Waals surface area contributed by atoms with Crippen molar-refractivity contribution in [3.63, 3.8) is 0 Å². The minimum absolute atomic E-state index is 0.0769. The van der Waals surface area contributed by atoms with E-state index in [0.717, 1.165) is 36.6 Å². The van der Waals surface area contributed by atoms with E-state index in [1.807, 2.05) is 35.2 Å². The Kier molecular flexibility index (Phi) is 4.82. The first kappa shape index (κ1) is 18.6. The number of nitrogens with zero attached hydrogens (tertiary/aromatic N) is 5. The summed E-state index contributed by atoms with van der Waals surface area (Å²) in [6.07, 6.45) is 3.19. The molecule has 0 radical (unpaired) electrons. The van der Waals surface area contributed by atoms with Gasteiger partial charge in [-0.25, -0.2) is 0 Å². The molecule has 1 aromatic carbocycles. The van der Waals surface area contributed by atoms with Crippen molar-refractivity contribution in [1.29, 1.82) is 0 Å². The monoisotopic (exact) mass is 405 g/mol. The number of hydrogen-bond donors (Lipinski definition) is 0. The third-order valence-corrected chi connectivity index (χ3v) is 5.91. The van der Waals surface area contributed by atoms with Crippen LogP contribution in [-0.4, -0.2) is 62.6 Å². The summed E-state index contributed by atoms with van der Waals surface area (Å²) in [5.41, 5.74) is 1.01. The molecule has 8 heteroatoms. The van der Waals surface area contributed by atoms with Crippen LogP contribution in [-0.2, 0) is 11.3 Å². The van der Waals surface area contributed by atoms with E-state index in [1.165, 1.54) is 6.26 Å². The van der Waals surface area contributed by atoms with Gasteiger partial charge in [0, 0.05) is 38.3 Å². The summed E-state index contributed by atoms with van der Waals surface area (Å²) >= 11 is 0. The van der Waals surface area contributed by atoms with Gasteiger partial charge < -0.3 is 18.8 Å². The minimum Gasteiger partial charge on any atom is -0.459 e. The molecular formula is C22H23N5O3. The second kappa shape index (κ2) is 7.78. The topological polar surface area (TPSA) is 84.5 Å². The molecule has 2 amide bonds. The molecule has 0 bridgehead atoms. The van der Waals surface area contributed by atoms with Crippen LogP contribution in [0.5, 0.6) is 0 Å². The zero-order valence-electron chi connectivity index (χ0n) is 16.6. The first-order valence-electron chi connectivity index (χ1n) is 10.3. The molecule has 2 aliphatic heterocycles. The molecule has 2 aromatic heterocycles. The van der Waals surface area contributed by atoms with Gasteiger partial charge in [0.1, 0.15) is 5.82 Å². The van der Waals surface area contributed by atoms with Crippen molar-refractivity contribution in [2.75, 3.05) is 26.2 Å². The second-order valence-electron chi connectivity index (χ2n) is 7.69. The number of benzene rings is 1. The number of carbonyl (C=O) groups excluding carboxylic acids is 2. The van der Waals surface area contributed by atoms with Crippen LogP contribution in [0.3, 0.4) is 0 Å². The molecule has 8 nitrogen and oxygen atoms in total. The number of amides is 2. The average molecular weight is 405 g/mol. The third kappa shape index (κ3) is 3.28. The van der Waals surface area contributed by atoms with Crippen molar-refractivity contribution >= 4 is 11.8 Å². The highest BCUT2D eigenvalue weighted by molar-refractivity contribution is 5.91. The SMILES string of the molecule is O=C(c1ccco1)N1CCN(C(=O)C2CCCn3c(-c4ccccc4)nnc32)CC1. The maximum atomic E-state index is 13.3. The molecule has 1 unspecified atom stereocenters. The lowest BCUT2D eigenvalue weighted by Crippen LogP contribution is -2.52. The zero-order valence-corrected chi connectivity index (χ0v) is 16.6. The second-order valence-corrected chi connectivity index (χ2v) is 7.69. The van der Waals surface area contributed by atoms with Gasteiger partial charge in [-0.1, -0.05) is 30.3 Å². The van der Waals surface area contributed by atoms with Crippen molar-refractivity contribution in [2.24, 2.45) is 0 Å². The quantitative estimate of drug-likeness (QED) is 0.668. The predicted octanol–water partition coefficient (Wildman–Crippen LogP) is 2.40. The summed E-state index contributed by atoms with van der Waals surface area (Å²) in [6.45, 7) is 2.85. The Morgan fingerprint density at radius 2 is 1.67 bits per heavy atom. The van der Waals surface area contributed by atoms with Gasteiger partial charge in [0.2, 0.25) is 5.91 Å². The van der Waals surface area contributed by atoms with Gasteiger partial charge >= 0.3 is 0 Å². The minimum atomic E-state index is -0.281. The van der Waals surface area contributed by atoms with Gasteiger partial charge in [0.15, 0.2) is 11.6 Å². The highest BCUT2D eigenvalue weighted by Gasteiger charge is 2.35. The third-order valence-electron chi connectivity index (χ3n) is 5.91. The van der Waals surface area contributed by atoms with Crippen molar-refractivity contribution in [2.45, 2.75) is 25.3 Å². The highest BCUT2D eigenvalue weighted by Crippen LogP contribution is 2.31. The van der Waals surface area contributed by atoms with Crippen molar-refractivity contribution < 1.29 is 14.0 Å². The maximum absolute atomic E-state index is 13.3. The molecule has 0 spiro atoms. The van der Waals surface area contributed by atoms with E-state index in [-0.39, 0.29) is 17.7 Å². The first-order valence-corrected chi connectivity index (χ1v) is 10.3. The lowest BCUT2D eigenvalue weighted by atomic mass is 9.96. The molecular weight excluding hydrogens is 382 g/mol. The largest absolute Gasteiger partial charge is 0.459 e. The van der Waals surface area contributed by atoms with Crippen LogP contribution in [0.4, 0.5) is 0 Å². The van der Waals surface area contributed by atoms with Crippen LogP contribution in [0.1, 0.15) is 35.1 Å². The van der Waals surface area contributed by atoms with E-state index in [0.29, 0.717) is 31.9 Å². The Morgan fingerprint density at radius 1 is 0.900 bits per heavy atom. The number of rotatable bonds is 3. The Hall–Kier alpha value is -3.42. The molecule has 0 aliphatic carbocycles. The fraction of sp³-hybridized carbons (Fsp3) is 0.364. The van der Waals surface area contributed by atoms with Gasteiger partial charge in [-0.15, -0.1) is 10.2 Å². The Morgan fingerprint density at radius 3 is 2.40 bits per heavy atom. The molecule has 30 heavy (non-hydrogen) atoms. The summed E-state index contributed by atoms with van der Waals surface area (Å²) in [7, 11) is 0. The Bertz CT molecular complexity index is 1040. The Labute approximate surface area is 174 Å². The van der Waals surface area contributed by atoms with Crippen molar-refractivity contribution in [3.05, 3.63) is 60.3 Å². The van der Waals surface area contributed by atoms with Crippen LogP contribution in [0.15, 0.2) is 53.1 Å². The van der Waals surface area contributed by atoms with Gasteiger partial charge in [-0.3, -0.25) is 9.59 Å². The van der Waals surface area contributed by atoms with E-state index in [2.05, 4.69) is 14.8 Å². The molecule has 1 saturated heterocycles. The van der Waals surface area contributed by atoms with E-state index in [4.69, 9.17) is 4.42 Å². The van der Waals surface area contributed by atoms with E-state index >= 15 is 0 Å². The molecule has 1 atom stereocenters. The number of aromatic nitrogens is 3. The Balaban J connectivity index is 1.29. The summed E-state index contributed by atoms with van der Waals surface area (Å²) in [6, 6.07) is 13.3. The van der Waals surface area contributed by atoms with Gasteiger partial charge in [-0.2, -0.15) is 0 Å². The van der Waals surface area contributed by atoms with E-state index < -0.39 is 0 Å². The summed E-state index contributed by atoms with van der Waals surface area (Å²) in [4.78, 5) is 29.3. The van der Waals surface area contributed by atoms with Crippen LogP contribution in [0.25, 0.3) is 11.4 Å². The fourth-order valence-electron chi connectivity index (χ4n) is 4.32. The number of fused-ring (bicyclic) bond motifs is 1. The van der Waals surface area contributed by atoms with Crippen molar-refractivity contribution in [1.82, 2.24) is 24.6 Å². The number of furan rings is 1. The van der Waals surface area contributed by atoms with E-state index in [1.54, 1.807) is 17.0 Å². The van der Waals surface area contributed by atoms with Crippen LogP contribution < -0.4 is 0 Å². The lowest BCUT2D eigenvalue weighted by molar-refractivity contribution is -0.135. The van der Waals surface area contributed by atoms with Gasteiger partial charge in [-0.05, 0) is 25.0 Å². The molecule has 3 aromatic rings.